The second-order valence-electron chi connectivity index (χ2n) is 5.17. The Morgan fingerprint density at radius 3 is 2.60 bits per heavy atom. The Balaban J connectivity index is 1.60. The molecule has 0 spiro atoms. The van der Waals surface area contributed by atoms with Crippen LogP contribution >= 0.6 is 11.3 Å². The molecule has 0 radical (unpaired) electrons. The summed E-state index contributed by atoms with van der Waals surface area (Å²) in [6.45, 7) is 0.454. The highest BCUT2D eigenvalue weighted by molar-refractivity contribution is 7.09. The fourth-order valence-electron chi connectivity index (χ4n) is 2.38. The lowest BCUT2D eigenvalue weighted by Gasteiger charge is -2.15. The SMILES string of the molecule is Nc1ccc(C2(C(=O)OCCc3cccs3)CC2)cc1. The number of thiophene rings is 1. The van der Waals surface area contributed by atoms with E-state index in [-0.39, 0.29) is 5.97 Å². The average molecular weight is 287 g/mol. The summed E-state index contributed by atoms with van der Waals surface area (Å²) in [5, 5.41) is 2.04. The van der Waals surface area contributed by atoms with Gasteiger partial charge < -0.3 is 10.5 Å². The first-order valence-corrected chi connectivity index (χ1v) is 7.64. The minimum absolute atomic E-state index is 0.0983. The van der Waals surface area contributed by atoms with Crippen LogP contribution in [0.1, 0.15) is 23.3 Å². The Kier molecular flexibility index (Phi) is 3.49. The number of ether oxygens (including phenoxy) is 1. The molecule has 104 valence electrons. The number of esters is 1. The molecule has 0 aliphatic heterocycles. The molecule has 3 rings (SSSR count). The first-order valence-electron chi connectivity index (χ1n) is 6.76. The summed E-state index contributed by atoms with van der Waals surface area (Å²) in [6, 6.07) is 11.6. The molecule has 0 amide bonds. The maximum Gasteiger partial charge on any atom is 0.316 e. The second-order valence-corrected chi connectivity index (χ2v) is 6.20. The van der Waals surface area contributed by atoms with E-state index in [1.54, 1.807) is 11.3 Å². The number of rotatable bonds is 5. The molecule has 20 heavy (non-hydrogen) atoms. The molecule has 2 N–H and O–H groups in total. The van der Waals surface area contributed by atoms with Crippen molar-refractivity contribution in [3.63, 3.8) is 0 Å². The number of hydrogen-bond acceptors (Lipinski definition) is 4. The third-order valence-corrected chi connectivity index (χ3v) is 4.70. The topological polar surface area (TPSA) is 52.3 Å². The van der Waals surface area contributed by atoms with Gasteiger partial charge >= 0.3 is 5.97 Å². The van der Waals surface area contributed by atoms with Crippen LogP contribution in [-0.2, 0) is 21.4 Å². The summed E-state index contributed by atoms with van der Waals surface area (Å²) in [5.74, 6) is -0.0983. The summed E-state index contributed by atoms with van der Waals surface area (Å²) in [5.41, 5.74) is 7.01. The largest absolute Gasteiger partial charge is 0.465 e. The molecule has 1 aliphatic rings. The standard InChI is InChI=1S/C16H17NO2S/c17-13-5-3-12(4-6-13)16(8-9-16)15(18)19-10-7-14-2-1-11-20-14/h1-6,11H,7-10,17H2. The van der Waals surface area contributed by atoms with Crippen molar-refractivity contribution in [2.45, 2.75) is 24.7 Å². The van der Waals surface area contributed by atoms with Gasteiger partial charge in [0.05, 0.1) is 12.0 Å². The monoisotopic (exact) mass is 287 g/mol. The molecule has 1 fully saturated rings. The van der Waals surface area contributed by atoms with Gasteiger partial charge in [0.25, 0.3) is 0 Å². The summed E-state index contributed by atoms with van der Waals surface area (Å²) in [7, 11) is 0. The molecule has 1 saturated carbocycles. The lowest BCUT2D eigenvalue weighted by Crippen LogP contribution is -2.24. The fraction of sp³-hybridized carbons (Fsp3) is 0.312. The molecule has 3 nitrogen and oxygen atoms in total. The van der Waals surface area contributed by atoms with Crippen LogP contribution < -0.4 is 5.73 Å². The van der Waals surface area contributed by atoms with E-state index in [0.717, 1.165) is 30.5 Å². The minimum atomic E-state index is -0.414. The molecular weight excluding hydrogens is 270 g/mol. The van der Waals surface area contributed by atoms with E-state index in [1.807, 2.05) is 35.7 Å². The predicted octanol–water partition coefficient (Wildman–Crippen LogP) is 3.15. The normalized spacial score (nSPS) is 15.8. The van der Waals surface area contributed by atoms with E-state index in [9.17, 15) is 4.79 Å². The molecule has 1 heterocycles. The number of nitrogens with two attached hydrogens (primary N) is 1. The average Bonchev–Trinajstić information content (AvgIpc) is 3.10. The number of anilines is 1. The van der Waals surface area contributed by atoms with Crippen LogP contribution in [0.15, 0.2) is 41.8 Å². The van der Waals surface area contributed by atoms with Crippen LogP contribution in [-0.4, -0.2) is 12.6 Å². The van der Waals surface area contributed by atoms with Gasteiger partial charge in [-0.25, -0.2) is 0 Å². The van der Waals surface area contributed by atoms with Crippen LogP contribution in [0.3, 0.4) is 0 Å². The van der Waals surface area contributed by atoms with Crippen molar-refractivity contribution in [1.29, 1.82) is 0 Å². The molecule has 1 aromatic heterocycles. The Hall–Kier alpha value is -1.81. The third-order valence-electron chi connectivity index (χ3n) is 3.77. The van der Waals surface area contributed by atoms with Gasteiger partial charge in [0, 0.05) is 17.0 Å². The number of carbonyl (C=O) groups is 1. The summed E-state index contributed by atoms with van der Waals surface area (Å²) >= 11 is 1.69. The van der Waals surface area contributed by atoms with Gasteiger partial charge in [-0.2, -0.15) is 0 Å². The molecule has 1 aliphatic carbocycles. The molecule has 0 saturated heterocycles. The highest BCUT2D eigenvalue weighted by Gasteiger charge is 2.52. The van der Waals surface area contributed by atoms with Crippen molar-refractivity contribution in [2.24, 2.45) is 0 Å². The fourth-order valence-corrected chi connectivity index (χ4v) is 3.07. The van der Waals surface area contributed by atoms with Gasteiger partial charge in [0.1, 0.15) is 0 Å². The number of nitrogen functional groups attached to an aromatic ring is 1. The zero-order valence-electron chi connectivity index (χ0n) is 11.2. The lowest BCUT2D eigenvalue weighted by molar-refractivity contribution is -0.146. The lowest BCUT2D eigenvalue weighted by atomic mass is 9.96. The molecule has 1 aromatic carbocycles. The van der Waals surface area contributed by atoms with Gasteiger partial charge in [-0.1, -0.05) is 18.2 Å². The first kappa shape index (κ1) is 13.2. The van der Waals surface area contributed by atoms with Crippen molar-refractivity contribution in [3.8, 4) is 0 Å². The zero-order chi connectivity index (χ0) is 14.0. The van der Waals surface area contributed by atoms with Gasteiger partial charge in [-0.3, -0.25) is 4.79 Å². The first-order chi connectivity index (χ1) is 9.71. The summed E-state index contributed by atoms with van der Waals surface area (Å²) in [4.78, 5) is 13.5. The van der Waals surface area contributed by atoms with E-state index in [4.69, 9.17) is 10.5 Å². The number of benzene rings is 1. The van der Waals surface area contributed by atoms with Crippen molar-refractivity contribution >= 4 is 23.0 Å². The number of hydrogen-bond donors (Lipinski definition) is 1. The van der Waals surface area contributed by atoms with Gasteiger partial charge in [-0.05, 0) is 42.0 Å². The maximum absolute atomic E-state index is 12.3. The van der Waals surface area contributed by atoms with Crippen molar-refractivity contribution in [2.75, 3.05) is 12.3 Å². The highest BCUT2D eigenvalue weighted by Crippen LogP contribution is 2.49. The smallest absolute Gasteiger partial charge is 0.316 e. The van der Waals surface area contributed by atoms with Crippen molar-refractivity contribution in [3.05, 3.63) is 52.2 Å². The molecule has 0 atom stereocenters. The maximum atomic E-state index is 12.3. The summed E-state index contributed by atoms with van der Waals surface area (Å²) < 4.78 is 5.46. The van der Waals surface area contributed by atoms with Crippen molar-refractivity contribution in [1.82, 2.24) is 0 Å². The molecule has 2 aromatic rings. The predicted molar refractivity (Wildman–Crippen MR) is 80.7 cm³/mol. The van der Waals surface area contributed by atoms with E-state index in [1.165, 1.54) is 4.88 Å². The molecular formula is C16H17NO2S. The Labute approximate surface area is 122 Å². The number of carbonyl (C=O) groups excluding carboxylic acids is 1. The van der Waals surface area contributed by atoms with Gasteiger partial charge in [0.2, 0.25) is 0 Å². The Morgan fingerprint density at radius 2 is 2.00 bits per heavy atom. The molecule has 0 bridgehead atoms. The van der Waals surface area contributed by atoms with Crippen LogP contribution in [0.5, 0.6) is 0 Å². The van der Waals surface area contributed by atoms with E-state index in [0.29, 0.717) is 6.61 Å². The van der Waals surface area contributed by atoms with E-state index < -0.39 is 5.41 Å². The zero-order valence-corrected chi connectivity index (χ0v) is 12.0. The van der Waals surface area contributed by atoms with Crippen LogP contribution in [0.2, 0.25) is 0 Å². The van der Waals surface area contributed by atoms with Gasteiger partial charge in [0.15, 0.2) is 0 Å². The Morgan fingerprint density at radius 1 is 1.25 bits per heavy atom. The third kappa shape index (κ3) is 2.56. The van der Waals surface area contributed by atoms with Crippen molar-refractivity contribution < 1.29 is 9.53 Å². The van der Waals surface area contributed by atoms with Crippen LogP contribution in [0, 0.1) is 0 Å². The van der Waals surface area contributed by atoms with Crippen LogP contribution in [0.25, 0.3) is 0 Å². The molecule has 4 heteroatoms. The minimum Gasteiger partial charge on any atom is -0.465 e. The second kappa shape index (κ2) is 5.29. The van der Waals surface area contributed by atoms with Crippen LogP contribution in [0.4, 0.5) is 5.69 Å². The highest BCUT2D eigenvalue weighted by atomic mass is 32.1. The van der Waals surface area contributed by atoms with Gasteiger partial charge in [-0.15, -0.1) is 11.3 Å². The van der Waals surface area contributed by atoms with E-state index in [2.05, 4.69) is 6.07 Å². The summed E-state index contributed by atoms with van der Waals surface area (Å²) in [6.07, 6.45) is 2.53. The molecule has 0 unspecified atom stereocenters. The Bertz CT molecular complexity index is 585. The van der Waals surface area contributed by atoms with E-state index >= 15 is 0 Å². The quantitative estimate of drug-likeness (QED) is 0.679.